The van der Waals surface area contributed by atoms with Gasteiger partial charge in [-0.1, -0.05) is 38.0 Å². The highest BCUT2D eigenvalue weighted by atomic mass is 14.9. The van der Waals surface area contributed by atoms with Crippen LogP contribution < -0.4 is 5.32 Å². The summed E-state index contributed by atoms with van der Waals surface area (Å²) in [6, 6.07) is 0. The van der Waals surface area contributed by atoms with E-state index in [1.165, 1.54) is 0 Å². The molecule has 0 bridgehead atoms. The minimum atomic E-state index is 0.909. The molecule has 74 valence electrons. The second kappa shape index (κ2) is 7.87. The van der Waals surface area contributed by atoms with E-state index >= 15 is 0 Å². The van der Waals surface area contributed by atoms with Crippen LogP contribution in [0, 0.1) is 0 Å². The summed E-state index contributed by atoms with van der Waals surface area (Å²) in [7, 11) is 0. The van der Waals surface area contributed by atoms with E-state index in [1.54, 1.807) is 18.2 Å². The lowest BCUT2D eigenvalue weighted by Crippen LogP contribution is -2.09. The van der Waals surface area contributed by atoms with Gasteiger partial charge in [0, 0.05) is 11.4 Å². The maximum atomic E-state index is 3.70. The van der Waals surface area contributed by atoms with Crippen LogP contribution in [0.25, 0.3) is 0 Å². The SMILES string of the molecule is C=C/C=C(\C=C)NC(/C=C\C)=C/C=C. The normalized spacial score (nSPS) is 12.6. The molecule has 1 nitrogen and oxygen atoms in total. The zero-order chi connectivity index (χ0) is 10.8. The van der Waals surface area contributed by atoms with Gasteiger partial charge in [-0.15, -0.1) is 0 Å². The van der Waals surface area contributed by atoms with Crippen LogP contribution in [-0.2, 0) is 0 Å². The van der Waals surface area contributed by atoms with Gasteiger partial charge in [0.2, 0.25) is 0 Å². The molecule has 0 atom stereocenters. The van der Waals surface area contributed by atoms with E-state index in [1.807, 2.05) is 31.2 Å². The van der Waals surface area contributed by atoms with Gasteiger partial charge in [0.05, 0.1) is 0 Å². The fourth-order valence-electron chi connectivity index (χ4n) is 0.900. The van der Waals surface area contributed by atoms with Gasteiger partial charge >= 0.3 is 0 Å². The maximum Gasteiger partial charge on any atom is 0.0380 e. The van der Waals surface area contributed by atoms with Crippen LogP contribution in [0.15, 0.2) is 73.7 Å². The smallest absolute Gasteiger partial charge is 0.0380 e. The van der Waals surface area contributed by atoms with Crippen molar-refractivity contribution in [1.82, 2.24) is 5.32 Å². The molecule has 0 aromatic rings. The van der Waals surface area contributed by atoms with Crippen molar-refractivity contribution in [2.45, 2.75) is 6.92 Å². The first-order valence-electron chi connectivity index (χ1n) is 4.46. The van der Waals surface area contributed by atoms with Crippen molar-refractivity contribution >= 4 is 0 Å². The summed E-state index contributed by atoms with van der Waals surface area (Å²) in [5.74, 6) is 0. The molecule has 0 aliphatic carbocycles. The molecule has 0 aliphatic rings. The highest BCUT2D eigenvalue weighted by molar-refractivity contribution is 5.30. The Morgan fingerprint density at radius 3 is 2.00 bits per heavy atom. The van der Waals surface area contributed by atoms with Crippen molar-refractivity contribution in [3.63, 3.8) is 0 Å². The van der Waals surface area contributed by atoms with E-state index in [4.69, 9.17) is 0 Å². The van der Waals surface area contributed by atoms with E-state index < -0.39 is 0 Å². The van der Waals surface area contributed by atoms with Gasteiger partial charge in [-0.3, -0.25) is 0 Å². The average molecular weight is 187 g/mol. The maximum absolute atomic E-state index is 3.70. The third-order valence-corrected chi connectivity index (χ3v) is 1.45. The van der Waals surface area contributed by atoms with Crippen molar-refractivity contribution in [3.8, 4) is 0 Å². The molecule has 0 saturated carbocycles. The van der Waals surface area contributed by atoms with Gasteiger partial charge in [0.25, 0.3) is 0 Å². The Hall–Kier alpha value is -1.76. The molecule has 1 N–H and O–H groups in total. The lowest BCUT2D eigenvalue weighted by atomic mass is 10.3. The molecule has 0 spiro atoms. The Morgan fingerprint density at radius 1 is 1.00 bits per heavy atom. The van der Waals surface area contributed by atoms with E-state index in [0.29, 0.717) is 0 Å². The first-order chi connectivity index (χ1) is 6.78. The molecular weight excluding hydrogens is 170 g/mol. The van der Waals surface area contributed by atoms with Crippen molar-refractivity contribution in [2.75, 3.05) is 0 Å². The Labute approximate surface area is 86.5 Å². The lowest BCUT2D eigenvalue weighted by molar-refractivity contribution is 1.05. The summed E-state index contributed by atoms with van der Waals surface area (Å²) < 4.78 is 0. The molecule has 1 heteroatoms. The van der Waals surface area contributed by atoms with Gasteiger partial charge in [0.15, 0.2) is 0 Å². The van der Waals surface area contributed by atoms with Gasteiger partial charge < -0.3 is 5.32 Å². The van der Waals surface area contributed by atoms with E-state index in [9.17, 15) is 0 Å². The molecule has 0 radical (unpaired) electrons. The molecule has 0 rings (SSSR count). The van der Waals surface area contributed by atoms with Crippen molar-refractivity contribution in [2.24, 2.45) is 0 Å². The van der Waals surface area contributed by atoms with Crippen LogP contribution in [0.5, 0.6) is 0 Å². The molecule has 14 heavy (non-hydrogen) atoms. The number of rotatable bonds is 6. The molecule has 0 fully saturated rings. The van der Waals surface area contributed by atoms with Crippen molar-refractivity contribution in [1.29, 1.82) is 0 Å². The molecule has 0 aromatic carbocycles. The molecule has 0 amide bonds. The third kappa shape index (κ3) is 4.99. The number of hydrogen-bond acceptors (Lipinski definition) is 1. The summed E-state index contributed by atoms with van der Waals surface area (Å²) in [6.07, 6.45) is 12.8. The van der Waals surface area contributed by atoms with Gasteiger partial charge in [-0.25, -0.2) is 0 Å². The fraction of sp³-hybridized carbons (Fsp3) is 0.0769. The third-order valence-electron chi connectivity index (χ3n) is 1.45. The first-order valence-corrected chi connectivity index (χ1v) is 4.46. The monoisotopic (exact) mass is 187 g/mol. The second-order valence-electron chi connectivity index (χ2n) is 2.54. The molecule has 0 aliphatic heterocycles. The molecule has 0 aromatic heterocycles. The second-order valence-corrected chi connectivity index (χ2v) is 2.54. The number of allylic oxidation sites excluding steroid dienone is 7. The van der Waals surface area contributed by atoms with Crippen molar-refractivity contribution in [3.05, 3.63) is 73.7 Å². The summed E-state index contributed by atoms with van der Waals surface area (Å²) in [5.41, 5.74) is 1.88. The van der Waals surface area contributed by atoms with Crippen LogP contribution >= 0.6 is 0 Å². The summed E-state index contributed by atoms with van der Waals surface area (Å²) in [5, 5.41) is 3.18. The Kier molecular flexibility index (Phi) is 6.88. The topological polar surface area (TPSA) is 12.0 Å². The van der Waals surface area contributed by atoms with Crippen LogP contribution in [-0.4, -0.2) is 0 Å². The zero-order valence-electron chi connectivity index (χ0n) is 8.66. The van der Waals surface area contributed by atoms with Gasteiger partial charge in [-0.2, -0.15) is 0 Å². The van der Waals surface area contributed by atoms with Gasteiger partial charge in [0.1, 0.15) is 0 Å². The summed E-state index contributed by atoms with van der Waals surface area (Å²) in [4.78, 5) is 0. The predicted octanol–water partition coefficient (Wildman–Crippen LogP) is 3.48. The minimum absolute atomic E-state index is 0.909. The molecule has 0 unspecified atom stereocenters. The largest absolute Gasteiger partial charge is 0.356 e. The number of nitrogens with one attached hydrogen (secondary N) is 1. The molecule has 0 heterocycles. The summed E-state index contributed by atoms with van der Waals surface area (Å²) in [6.45, 7) is 12.9. The van der Waals surface area contributed by atoms with Gasteiger partial charge in [-0.05, 0) is 31.2 Å². The van der Waals surface area contributed by atoms with Crippen LogP contribution in [0.1, 0.15) is 6.92 Å². The zero-order valence-corrected chi connectivity index (χ0v) is 8.66. The Morgan fingerprint density at radius 2 is 1.57 bits per heavy atom. The lowest BCUT2D eigenvalue weighted by Gasteiger charge is -2.06. The molecular formula is C13H17N. The van der Waals surface area contributed by atoms with E-state index in [2.05, 4.69) is 25.1 Å². The van der Waals surface area contributed by atoms with E-state index in [0.717, 1.165) is 11.4 Å². The fourth-order valence-corrected chi connectivity index (χ4v) is 0.900. The Balaban J connectivity index is 4.65. The van der Waals surface area contributed by atoms with Crippen LogP contribution in [0.3, 0.4) is 0 Å². The minimum Gasteiger partial charge on any atom is -0.356 e. The summed E-state index contributed by atoms with van der Waals surface area (Å²) >= 11 is 0. The number of hydrogen-bond donors (Lipinski definition) is 1. The average Bonchev–Trinajstić information content (AvgIpc) is 2.18. The molecule has 0 saturated heterocycles. The van der Waals surface area contributed by atoms with Crippen molar-refractivity contribution < 1.29 is 0 Å². The highest BCUT2D eigenvalue weighted by Gasteiger charge is 1.91. The first kappa shape index (κ1) is 12.2. The predicted molar refractivity (Wildman–Crippen MR) is 64.7 cm³/mol. The van der Waals surface area contributed by atoms with Crippen LogP contribution in [0.2, 0.25) is 0 Å². The Bertz CT molecular complexity index is 290. The van der Waals surface area contributed by atoms with Crippen LogP contribution in [0.4, 0.5) is 0 Å². The van der Waals surface area contributed by atoms with E-state index in [-0.39, 0.29) is 0 Å². The quantitative estimate of drug-likeness (QED) is 0.628. The standard InChI is InChI=1S/C13H17N/c1-5-9-12(8-4)14-13(10-6-2)11-7-3/h5-11,14H,1-2,4H2,3H3/b11-7-,12-9+,13-10+. The highest BCUT2D eigenvalue weighted by Crippen LogP contribution is 1.99.